The van der Waals surface area contributed by atoms with Gasteiger partial charge in [0, 0.05) is 12.1 Å². The van der Waals surface area contributed by atoms with E-state index in [1.165, 1.54) is 12.1 Å². The fourth-order valence-electron chi connectivity index (χ4n) is 1.29. The molecule has 0 fully saturated rings. The number of nitro groups is 1. The van der Waals surface area contributed by atoms with Gasteiger partial charge in [0.1, 0.15) is 6.07 Å². The van der Waals surface area contributed by atoms with Gasteiger partial charge in [-0.25, -0.2) is 4.98 Å². The summed E-state index contributed by atoms with van der Waals surface area (Å²) in [5, 5.41) is 19.3. The molecule has 0 amide bonds. The highest BCUT2D eigenvalue weighted by Crippen LogP contribution is 2.19. The smallest absolute Gasteiger partial charge is 0.307 e. The first-order valence-corrected chi connectivity index (χ1v) is 4.20. The molecule has 0 aliphatic rings. The van der Waals surface area contributed by atoms with Crippen LogP contribution in [-0.2, 0) is 0 Å². The molecule has 0 spiro atoms. The summed E-state index contributed by atoms with van der Waals surface area (Å²) in [5.41, 5.74) is -0.505. The molecule has 0 atom stereocenters. The Bertz CT molecular complexity index is 683. The van der Waals surface area contributed by atoms with E-state index < -0.39 is 10.6 Å². The van der Waals surface area contributed by atoms with Crippen molar-refractivity contribution >= 4 is 16.7 Å². The maximum absolute atomic E-state index is 11.0. The van der Waals surface area contributed by atoms with Crippen molar-refractivity contribution in [2.75, 3.05) is 0 Å². The molecule has 0 aliphatic heterocycles. The number of aromatic amines is 1. The van der Waals surface area contributed by atoms with E-state index in [0.29, 0.717) is 5.52 Å². The monoisotopic (exact) mass is 216 g/mol. The third-order valence-corrected chi connectivity index (χ3v) is 1.98. The molecular formula is C9H4N4O3. The van der Waals surface area contributed by atoms with Gasteiger partial charge in [-0.05, 0) is 6.07 Å². The Morgan fingerprint density at radius 1 is 1.50 bits per heavy atom. The second-order valence-corrected chi connectivity index (χ2v) is 2.98. The van der Waals surface area contributed by atoms with Crippen LogP contribution >= 0.6 is 0 Å². The molecule has 0 unspecified atom stereocenters. The third kappa shape index (κ3) is 1.48. The zero-order chi connectivity index (χ0) is 11.7. The first kappa shape index (κ1) is 9.79. The highest BCUT2D eigenvalue weighted by Gasteiger charge is 2.16. The molecule has 0 radical (unpaired) electrons. The SMILES string of the molecule is N#Cc1nc2ccc(=O)[nH]c2cc1[N+](=O)[O-]. The van der Waals surface area contributed by atoms with Gasteiger partial charge >= 0.3 is 5.69 Å². The fraction of sp³-hybridized carbons (Fsp3) is 0. The molecule has 0 aromatic carbocycles. The van der Waals surface area contributed by atoms with E-state index in [9.17, 15) is 14.9 Å². The number of nitrogens with zero attached hydrogens (tertiary/aromatic N) is 3. The number of nitrogens with one attached hydrogen (secondary N) is 1. The summed E-state index contributed by atoms with van der Waals surface area (Å²) >= 11 is 0. The predicted molar refractivity (Wildman–Crippen MR) is 53.7 cm³/mol. The number of hydrogen-bond donors (Lipinski definition) is 1. The first-order chi connectivity index (χ1) is 7.61. The van der Waals surface area contributed by atoms with Gasteiger partial charge in [-0.3, -0.25) is 14.9 Å². The second kappa shape index (κ2) is 3.43. The molecule has 0 aliphatic carbocycles. The number of H-pyrrole nitrogens is 1. The topological polar surface area (TPSA) is 113 Å². The van der Waals surface area contributed by atoms with Crippen molar-refractivity contribution in [2.45, 2.75) is 0 Å². The highest BCUT2D eigenvalue weighted by molar-refractivity contribution is 5.77. The van der Waals surface area contributed by atoms with Gasteiger partial charge in [0.25, 0.3) is 0 Å². The van der Waals surface area contributed by atoms with Crippen molar-refractivity contribution in [1.29, 1.82) is 5.26 Å². The van der Waals surface area contributed by atoms with Crippen molar-refractivity contribution in [2.24, 2.45) is 0 Å². The van der Waals surface area contributed by atoms with Crippen molar-refractivity contribution in [3.05, 3.63) is 44.4 Å². The zero-order valence-corrected chi connectivity index (χ0v) is 7.80. The summed E-state index contributed by atoms with van der Waals surface area (Å²) in [4.78, 5) is 27.1. The van der Waals surface area contributed by atoms with E-state index in [2.05, 4.69) is 9.97 Å². The summed E-state index contributed by atoms with van der Waals surface area (Å²) in [6.45, 7) is 0. The van der Waals surface area contributed by atoms with Crippen molar-refractivity contribution < 1.29 is 4.92 Å². The van der Waals surface area contributed by atoms with Gasteiger partial charge in [-0.15, -0.1) is 0 Å². The van der Waals surface area contributed by atoms with E-state index in [4.69, 9.17) is 5.26 Å². The van der Waals surface area contributed by atoms with Crippen LogP contribution in [0.3, 0.4) is 0 Å². The number of aromatic nitrogens is 2. The Morgan fingerprint density at radius 2 is 2.25 bits per heavy atom. The van der Waals surface area contributed by atoms with E-state index in [-0.39, 0.29) is 16.8 Å². The summed E-state index contributed by atoms with van der Waals surface area (Å²) in [6.07, 6.45) is 0. The van der Waals surface area contributed by atoms with E-state index in [1.54, 1.807) is 6.07 Å². The fourth-order valence-corrected chi connectivity index (χ4v) is 1.29. The van der Waals surface area contributed by atoms with Crippen molar-refractivity contribution in [1.82, 2.24) is 9.97 Å². The number of hydrogen-bond acceptors (Lipinski definition) is 5. The summed E-state index contributed by atoms with van der Waals surface area (Å²) in [7, 11) is 0. The molecule has 0 saturated heterocycles. The van der Waals surface area contributed by atoms with Gasteiger partial charge in [0.2, 0.25) is 11.3 Å². The Labute approximate surface area is 88.1 Å². The van der Waals surface area contributed by atoms with E-state index >= 15 is 0 Å². The van der Waals surface area contributed by atoms with Crippen LogP contribution in [0.1, 0.15) is 5.69 Å². The van der Waals surface area contributed by atoms with Crippen LogP contribution in [0, 0.1) is 21.4 Å². The molecule has 7 nitrogen and oxygen atoms in total. The summed E-state index contributed by atoms with van der Waals surface area (Å²) < 4.78 is 0. The maximum Gasteiger partial charge on any atom is 0.307 e. The molecule has 78 valence electrons. The van der Waals surface area contributed by atoms with Crippen LogP contribution in [0.25, 0.3) is 11.0 Å². The minimum atomic E-state index is -0.712. The van der Waals surface area contributed by atoms with Crippen LogP contribution in [0.15, 0.2) is 23.0 Å². The molecule has 2 aromatic heterocycles. The normalized spacial score (nSPS) is 9.94. The standard InChI is InChI=1S/C9H4N4O3/c10-4-7-8(13(15)16)3-6-5(11-7)1-2-9(14)12-6/h1-3H,(H,12,14). The van der Waals surface area contributed by atoms with Gasteiger partial charge in [0.05, 0.1) is 16.0 Å². The molecule has 2 heterocycles. The van der Waals surface area contributed by atoms with Crippen LogP contribution in [0.4, 0.5) is 5.69 Å². The molecule has 0 saturated carbocycles. The Balaban J connectivity index is 2.87. The molecule has 2 rings (SSSR count). The zero-order valence-electron chi connectivity index (χ0n) is 7.80. The Morgan fingerprint density at radius 3 is 2.88 bits per heavy atom. The summed E-state index contributed by atoms with van der Waals surface area (Å²) in [6, 6.07) is 5.41. The van der Waals surface area contributed by atoms with Crippen LogP contribution < -0.4 is 5.56 Å². The molecule has 7 heteroatoms. The van der Waals surface area contributed by atoms with Crippen LogP contribution in [0.5, 0.6) is 0 Å². The predicted octanol–water partition coefficient (Wildman–Crippen LogP) is 0.703. The minimum absolute atomic E-state index is 0.234. The lowest BCUT2D eigenvalue weighted by molar-refractivity contribution is -0.385. The third-order valence-electron chi connectivity index (χ3n) is 1.98. The average molecular weight is 216 g/mol. The Kier molecular flexibility index (Phi) is 2.10. The Hall–Kier alpha value is -2.75. The molecule has 0 bridgehead atoms. The maximum atomic E-state index is 11.0. The van der Waals surface area contributed by atoms with Crippen molar-refractivity contribution in [3.63, 3.8) is 0 Å². The first-order valence-electron chi connectivity index (χ1n) is 4.20. The van der Waals surface area contributed by atoms with Gasteiger partial charge in [0.15, 0.2) is 0 Å². The number of rotatable bonds is 1. The van der Waals surface area contributed by atoms with Gasteiger partial charge < -0.3 is 4.98 Å². The van der Waals surface area contributed by atoms with E-state index in [1.807, 2.05) is 0 Å². The second-order valence-electron chi connectivity index (χ2n) is 2.98. The molecule has 16 heavy (non-hydrogen) atoms. The number of nitriles is 1. The lowest BCUT2D eigenvalue weighted by Crippen LogP contribution is -2.04. The highest BCUT2D eigenvalue weighted by atomic mass is 16.6. The lowest BCUT2D eigenvalue weighted by Gasteiger charge is -1.98. The average Bonchev–Trinajstić information content (AvgIpc) is 2.27. The largest absolute Gasteiger partial charge is 0.320 e. The minimum Gasteiger partial charge on any atom is -0.320 e. The quantitative estimate of drug-likeness (QED) is 0.556. The van der Waals surface area contributed by atoms with Crippen LogP contribution in [-0.4, -0.2) is 14.9 Å². The van der Waals surface area contributed by atoms with E-state index in [0.717, 1.165) is 6.07 Å². The van der Waals surface area contributed by atoms with Crippen molar-refractivity contribution in [3.8, 4) is 6.07 Å². The molecule has 2 aromatic rings. The molecular weight excluding hydrogens is 212 g/mol. The number of pyridine rings is 2. The van der Waals surface area contributed by atoms with Crippen LogP contribution in [0.2, 0.25) is 0 Å². The number of fused-ring (bicyclic) bond motifs is 1. The molecule has 1 N–H and O–H groups in total. The van der Waals surface area contributed by atoms with Gasteiger partial charge in [-0.1, -0.05) is 0 Å². The van der Waals surface area contributed by atoms with Gasteiger partial charge in [-0.2, -0.15) is 5.26 Å². The summed E-state index contributed by atoms with van der Waals surface area (Å²) in [5.74, 6) is 0. The lowest BCUT2D eigenvalue weighted by atomic mass is 10.2.